The van der Waals surface area contributed by atoms with Crippen LogP contribution in [0.2, 0.25) is 5.02 Å². The first kappa shape index (κ1) is 89.0. The number of hydrogen-bond donors (Lipinski definition) is 9. The number of benzene rings is 8. The van der Waals surface area contributed by atoms with Crippen LogP contribution in [-0.2, 0) is 39.1 Å². The number of aryl methyl sites for hydroxylation is 4. The molecule has 0 spiro atoms. The Kier molecular flexibility index (Phi) is 27.9. The zero-order chi connectivity index (χ0) is 91.0. The zero-order valence-corrected chi connectivity index (χ0v) is 75.5. The van der Waals surface area contributed by atoms with Gasteiger partial charge in [-0.25, -0.2) is 24.9 Å². The Bertz CT molecular complexity index is 7510. The SMILES string of the molecule is CCc1ccc(NCc2cc(=O)n3[nH]c(-c4ccc(Cl)cc4)nc3n2)cc1.COc1ccc(-c2nc3nc(CNc4ccc(Br)cc4)cc(=O)n3[nH]2)cc1.COc1ccc(-c2nc3nc(CNc4ccc(C)c(C)c4)cc(=O)n3[nH]2)cc1.COc1ccccc1NCc1cc(=O)n2[nH]c(-c3cccc(C)c3)nc2n1.O=c1cc(CN2CCCCC2)nc2nc(-c3cccs3)[nH]n12. The molecular formula is C95H91BrClN25O8S. The van der Waals surface area contributed by atoms with Gasteiger partial charge in [0, 0.05) is 85.7 Å². The van der Waals surface area contributed by atoms with Crippen molar-refractivity contribution in [2.45, 2.75) is 86.1 Å². The minimum Gasteiger partial charge on any atom is -0.497 e. The predicted octanol–water partition coefficient (Wildman–Crippen LogP) is 15.8. The number of nitrogens with zero attached hydrogens (tertiary/aromatic N) is 16. The molecule has 11 aromatic heterocycles. The number of aromatic amines is 5. The van der Waals surface area contributed by atoms with Crippen LogP contribution in [0.25, 0.3) is 85.1 Å². The molecule has 131 heavy (non-hydrogen) atoms. The number of anilines is 4. The monoisotopic (exact) mass is 1860 g/mol. The average Bonchev–Trinajstić information content (AvgIpc) is 1.67. The number of fused-ring (bicyclic) bond motifs is 5. The first-order valence-corrected chi connectivity index (χ1v) is 44.1. The molecule has 0 aliphatic carbocycles. The third-order valence-electron chi connectivity index (χ3n) is 21.3. The molecular weight excluding hydrogens is 1770 g/mol. The molecule has 0 amide bonds. The van der Waals surface area contributed by atoms with Crippen molar-refractivity contribution in [3.05, 3.63) is 348 Å². The van der Waals surface area contributed by atoms with Gasteiger partial charge >= 0.3 is 0 Å². The fraction of sp³-hybridized carbons (Fsp3) is 0.189. The Hall–Kier alpha value is -15.5. The number of likely N-dealkylation sites (tertiary alicyclic amines) is 1. The minimum atomic E-state index is -0.208. The van der Waals surface area contributed by atoms with Crippen molar-refractivity contribution < 1.29 is 14.2 Å². The lowest BCUT2D eigenvalue weighted by molar-refractivity contribution is 0.218. The van der Waals surface area contributed by atoms with Gasteiger partial charge in [-0.1, -0.05) is 101 Å². The standard InChI is InChI=1S/C21H21N5O2.C20H18ClN5O.C20H19N5O2.C19H16BrN5O2.C15H17N5OS/c1-13-4-7-16(10-14(13)2)22-12-17-11-19(27)26-21(23-17)24-20(25-26)15-5-8-18(28-3)9-6-15;1-2-13-3-9-16(10-4-13)22-12-17-11-18(27)26-20(23-17)24-19(25-26)14-5-7-15(21)8-6-14;1-13-6-5-7-14(10-13)19-23-20-22-15(11-18(26)25(20)24-19)12-21-16-8-3-4-9-17(16)27-2;1-27-16-8-2-12(3-9-16)18-23-19-22-15(10-17(26)25(19)24-18)11-21-14-6-4-13(20)5-7-14;21-13-9-11(10-19-6-2-1-3-7-19)16-15-17-14(18-20(13)15)12-5-4-8-22-12/h4-11,22H,12H2,1-3H3,(H,23,24,25);3-11,22H,2,12H2,1H3,(H,23,24,25);3-11,21H,12H2,1-2H3,(H,22,23,24);2-10,21H,11H2,1H3,(H,22,23,24);4-5,8-9H,1-3,6-7,10H2,(H,16,17,18). The largest absolute Gasteiger partial charge is 0.497 e. The zero-order valence-electron chi connectivity index (χ0n) is 72.4. The Morgan fingerprint density at radius 2 is 0.809 bits per heavy atom. The number of H-pyrrole nitrogens is 5. The van der Waals surface area contributed by atoms with Gasteiger partial charge in [-0.15, -0.1) is 11.3 Å². The second kappa shape index (κ2) is 41.1. The molecule has 664 valence electrons. The third-order valence-corrected chi connectivity index (χ3v) is 23.0. The van der Waals surface area contributed by atoms with Gasteiger partial charge in [-0.05, 0) is 221 Å². The van der Waals surface area contributed by atoms with E-state index in [2.05, 4.69) is 162 Å². The number of methoxy groups -OCH3 is 3. The first-order chi connectivity index (χ1) is 63.7. The summed E-state index contributed by atoms with van der Waals surface area (Å²) in [6, 6.07) is 71.4. The maximum absolute atomic E-state index is 12.5. The third kappa shape index (κ3) is 22.2. The number of nitrogens with one attached hydrogen (secondary N) is 9. The number of halogens is 2. The summed E-state index contributed by atoms with van der Waals surface area (Å²) in [5.74, 6) is 7.06. The van der Waals surface area contributed by atoms with Crippen molar-refractivity contribution >= 4 is 90.5 Å². The second-order valence-corrected chi connectivity index (χ2v) is 32.9. The number of aromatic nitrogens is 20. The van der Waals surface area contributed by atoms with Crippen LogP contribution in [0, 0.1) is 20.8 Å². The summed E-state index contributed by atoms with van der Waals surface area (Å²) in [4.78, 5) is 110. The number of piperidine rings is 1. The molecule has 0 radical (unpaired) electrons. The van der Waals surface area contributed by atoms with Crippen molar-refractivity contribution in [1.82, 2.24) is 103 Å². The van der Waals surface area contributed by atoms with Crippen LogP contribution < -0.4 is 63.3 Å². The van der Waals surface area contributed by atoms with Crippen LogP contribution in [0.1, 0.15) is 76.9 Å². The summed E-state index contributed by atoms with van der Waals surface area (Å²) < 4.78 is 23.4. The highest BCUT2D eigenvalue weighted by Gasteiger charge is 2.19. The number of thiophene rings is 1. The van der Waals surface area contributed by atoms with E-state index in [1.165, 1.54) is 82.8 Å². The maximum Gasteiger partial charge on any atom is 0.274 e. The molecule has 1 aliphatic heterocycles. The van der Waals surface area contributed by atoms with Gasteiger partial charge in [0.05, 0.1) is 86.5 Å². The fourth-order valence-electron chi connectivity index (χ4n) is 14.2. The Morgan fingerprint density at radius 3 is 1.26 bits per heavy atom. The van der Waals surface area contributed by atoms with Crippen molar-refractivity contribution in [2.75, 3.05) is 55.7 Å². The Labute approximate surface area is 765 Å². The van der Waals surface area contributed by atoms with Gasteiger partial charge in [-0.2, -0.15) is 47.5 Å². The highest BCUT2D eigenvalue weighted by atomic mass is 79.9. The predicted molar refractivity (Wildman–Crippen MR) is 513 cm³/mol. The number of hydrogen-bond acceptors (Lipinski definition) is 24. The fourth-order valence-corrected chi connectivity index (χ4v) is 15.3. The molecule has 33 nitrogen and oxygen atoms in total. The van der Waals surface area contributed by atoms with Crippen molar-refractivity contribution in [1.29, 1.82) is 0 Å². The molecule has 1 aliphatic rings. The summed E-state index contributed by atoms with van der Waals surface area (Å²) in [7, 11) is 4.85. The average molecular weight is 1860 g/mol. The smallest absolute Gasteiger partial charge is 0.274 e. The lowest BCUT2D eigenvalue weighted by atomic mass is 10.1. The van der Waals surface area contributed by atoms with E-state index >= 15 is 0 Å². The van der Waals surface area contributed by atoms with Crippen molar-refractivity contribution in [2.24, 2.45) is 0 Å². The van der Waals surface area contributed by atoms with Gasteiger partial charge in [0.2, 0.25) is 0 Å². The molecule has 0 atom stereocenters. The Balaban J connectivity index is 0.000000120. The van der Waals surface area contributed by atoms with E-state index in [0.29, 0.717) is 112 Å². The maximum atomic E-state index is 12.5. The summed E-state index contributed by atoms with van der Waals surface area (Å²) in [6.07, 6.45) is 4.76. The summed E-state index contributed by atoms with van der Waals surface area (Å²) in [5.41, 5.74) is 14.4. The molecule has 0 unspecified atom stereocenters. The summed E-state index contributed by atoms with van der Waals surface area (Å²) in [5, 5.41) is 30.7. The topological polar surface area (TPSA) is 394 Å². The van der Waals surface area contributed by atoms with Gasteiger partial charge in [-0.3, -0.25) is 54.4 Å². The van der Waals surface area contributed by atoms with Crippen molar-refractivity contribution in [3.8, 4) is 73.5 Å². The molecule has 19 aromatic rings. The quantitative estimate of drug-likeness (QED) is 0.0287. The van der Waals surface area contributed by atoms with E-state index in [1.54, 1.807) is 50.9 Å². The minimum absolute atomic E-state index is 0.104. The first-order valence-electron chi connectivity index (χ1n) is 42.0. The van der Waals surface area contributed by atoms with E-state index in [1.807, 2.05) is 176 Å². The van der Waals surface area contributed by atoms with Gasteiger partial charge in [0.15, 0.2) is 29.1 Å². The highest BCUT2D eigenvalue weighted by molar-refractivity contribution is 9.10. The molecule has 1 fully saturated rings. The second-order valence-electron chi connectivity index (χ2n) is 30.6. The van der Waals surface area contributed by atoms with E-state index in [0.717, 1.165) is 109 Å². The van der Waals surface area contributed by atoms with Crippen LogP contribution in [0.4, 0.5) is 22.7 Å². The van der Waals surface area contributed by atoms with E-state index in [9.17, 15) is 24.0 Å². The normalized spacial score (nSPS) is 11.9. The van der Waals surface area contributed by atoms with E-state index in [-0.39, 0.29) is 27.8 Å². The highest BCUT2D eigenvalue weighted by Crippen LogP contribution is 2.28. The van der Waals surface area contributed by atoms with Crippen LogP contribution in [0.5, 0.6) is 17.2 Å². The molecule has 36 heteroatoms. The van der Waals surface area contributed by atoms with Gasteiger partial charge < -0.3 is 35.5 Å². The molecule has 20 rings (SSSR count). The number of ether oxygens (including phenoxy) is 3. The summed E-state index contributed by atoms with van der Waals surface area (Å²) >= 11 is 10.9. The van der Waals surface area contributed by atoms with Gasteiger partial charge in [0.25, 0.3) is 56.7 Å². The molecule has 1 saturated heterocycles. The molecule has 12 heterocycles. The van der Waals surface area contributed by atoms with E-state index < -0.39 is 0 Å². The Morgan fingerprint density at radius 1 is 0.389 bits per heavy atom. The van der Waals surface area contributed by atoms with Crippen LogP contribution in [0.3, 0.4) is 0 Å². The number of para-hydroxylation sites is 2. The van der Waals surface area contributed by atoms with Crippen LogP contribution >= 0.6 is 38.9 Å². The van der Waals surface area contributed by atoms with Gasteiger partial charge in [0.1, 0.15) is 17.2 Å². The molecule has 8 aromatic carbocycles. The van der Waals surface area contributed by atoms with E-state index in [4.69, 9.17) is 25.8 Å². The van der Waals surface area contributed by atoms with Crippen LogP contribution in [0.15, 0.2) is 264 Å². The van der Waals surface area contributed by atoms with Crippen LogP contribution in [-0.4, -0.2) is 137 Å². The lowest BCUT2D eigenvalue weighted by Gasteiger charge is -2.25. The molecule has 0 bridgehead atoms. The summed E-state index contributed by atoms with van der Waals surface area (Å²) in [6.45, 7) is 12.9. The molecule has 9 N–H and O–H groups in total. The molecule has 0 saturated carbocycles. The van der Waals surface area contributed by atoms with Crippen molar-refractivity contribution in [3.63, 3.8) is 0 Å². The number of rotatable bonds is 23. The lowest BCUT2D eigenvalue weighted by Crippen LogP contribution is -2.30.